The molecule has 0 aromatic heterocycles. The lowest BCUT2D eigenvalue weighted by atomic mass is 10.1. The third kappa shape index (κ3) is 6.77. The molecule has 22 heavy (non-hydrogen) atoms. The molecule has 7 heteroatoms. The maximum absolute atomic E-state index is 12.3. The summed E-state index contributed by atoms with van der Waals surface area (Å²) < 4.78 is 36.8. The number of nitrogens with one attached hydrogen (secondary N) is 1. The number of rotatable bonds is 4. The topological polar surface area (TPSA) is 15.3 Å². The van der Waals surface area contributed by atoms with Gasteiger partial charge in [0.25, 0.3) is 0 Å². The first-order chi connectivity index (χ1) is 9.94. The fourth-order valence-corrected chi connectivity index (χ4v) is 3.19. The van der Waals surface area contributed by atoms with Crippen molar-refractivity contribution in [1.29, 1.82) is 0 Å². The zero-order valence-corrected chi connectivity index (χ0v) is 14.2. The third-order valence-corrected chi connectivity index (χ3v) is 4.50. The molecule has 1 atom stereocenters. The molecule has 1 aromatic rings. The number of thioether (sulfide) groups is 1. The molecule has 1 aliphatic rings. The van der Waals surface area contributed by atoms with Crippen LogP contribution in [0, 0.1) is 0 Å². The molecule has 1 aromatic carbocycles. The number of halogens is 4. The minimum Gasteiger partial charge on any atom is -0.317 e. The van der Waals surface area contributed by atoms with Crippen molar-refractivity contribution in [3.63, 3.8) is 0 Å². The van der Waals surface area contributed by atoms with Gasteiger partial charge in [-0.1, -0.05) is 12.1 Å². The van der Waals surface area contributed by atoms with E-state index in [9.17, 15) is 13.2 Å². The van der Waals surface area contributed by atoms with Gasteiger partial charge in [0.15, 0.2) is 0 Å². The van der Waals surface area contributed by atoms with Gasteiger partial charge >= 0.3 is 5.51 Å². The van der Waals surface area contributed by atoms with Gasteiger partial charge in [0.1, 0.15) is 0 Å². The second kappa shape index (κ2) is 9.01. The van der Waals surface area contributed by atoms with E-state index < -0.39 is 5.51 Å². The number of nitrogens with zero attached hydrogens (tertiary/aromatic N) is 1. The minimum absolute atomic E-state index is 0. The van der Waals surface area contributed by atoms with Crippen LogP contribution in [0.1, 0.15) is 24.8 Å². The fourth-order valence-electron chi connectivity index (χ4n) is 2.66. The molecule has 0 amide bonds. The van der Waals surface area contributed by atoms with Gasteiger partial charge in [-0.15, -0.1) is 12.4 Å². The molecule has 1 saturated heterocycles. The van der Waals surface area contributed by atoms with Gasteiger partial charge < -0.3 is 5.32 Å². The summed E-state index contributed by atoms with van der Waals surface area (Å²) in [5, 5.41) is 3.39. The Kier molecular flexibility index (Phi) is 8.03. The van der Waals surface area contributed by atoms with Crippen molar-refractivity contribution < 1.29 is 13.2 Å². The number of hydrogen-bond acceptors (Lipinski definition) is 3. The van der Waals surface area contributed by atoms with Crippen LogP contribution < -0.4 is 5.32 Å². The predicted molar refractivity (Wildman–Crippen MR) is 87.6 cm³/mol. The van der Waals surface area contributed by atoms with Crippen LogP contribution in [0.4, 0.5) is 13.2 Å². The summed E-state index contributed by atoms with van der Waals surface area (Å²) in [6.45, 7) is 2.89. The van der Waals surface area contributed by atoms with E-state index in [1.54, 1.807) is 24.3 Å². The van der Waals surface area contributed by atoms with Crippen molar-refractivity contribution >= 4 is 24.2 Å². The lowest BCUT2D eigenvalue weighted by Gasteiger charge is -2.27. The maximum atomic E-state index is 12.3. The molecule has 2 rings (SSSR count). The van der Waals surface area contributed by atoms with Crippen LogP contribution in [0.2, 0.25) is 0 Å². The first-order valence-electron chi connectivity index (χ1n) is 7.20. The van der Waals surface area contributed by atoms with Crippen LogP contribution in [-0.4, -0.2) is 36.6 Å². The Bertz CT molecular complexity index is 431. The highest BCUT2D eigenvalue weighted by Crippen LogP contribution is 2.36. The SMILES string of the molecule is CN(Cc1ccc(SC(F)(F)F)cc1)C1CCCNCC1.Cl. The molecule has 1 heterocycles. The molecule has 1 N–H and O–H groups in total. The lowest BCUT2D eigenvalue weighted by molar-refractivity contribution is -0.0328. The largest absolute Gasteiger partial charge is 0.446 e. The van der Waals surface area contributed by atoms with Crippen molar-refractivity contribution in [2.75, 3.05) is 20.1 Å². The van der Waals surface area contributed by atoms with Crippen LogP contribution >= 0.6 is 24.2 Å². The van der Waals surface area contributed by atoms with Crippen molar-refractivity contribution in [2.24, 2.45) is 0 Å². The second-order valence-corrected chi connectivity index (χ2v) is 6.58. The summed E-state index contributed by atoms with van der Waals surface area (Å²) in [5.41, 5.74) is -3.16. The molecule has 0 saturated carbocycles. The Morgan fingerprint density at radius 1 is 1.18 bits per heavy atom. The van der Waals surface area contributed by atoms with Crippen LogP contribution in [0.25, 0.3) is 0 Å². The van der Waals surface area contributed by atoms with E-state index in [0.717, 1.165) is 31.6 Å². The van der Waals surface area contributed by atoms with Crippen molar-refractivity contribution in [2.45, 2.75) is 42.3 Å². The average Bonchev–Trinajstić information content (AvgIpc) is 2.68. The van der Waals surface area contributed by atoms with E-state index in [4.69, 9.17) is 0 Å². The third-order valence-electron chi connectivity index (χ3n) is 3.76. The van der Waals surface area contributed by atoms with Gasteiger partial charge in [0.2, 0.25) is 0 Å². The summed E-state index contributed by atoms with van der Waals surface area (Å²) >= 11 is -0.0627. The molecule has 2 nitrogen and oxygen atoms in total. The van der Waals surface area contributed by atoms with Crippen LogP contribution in [0.15, 0.2) is 29.2 Å². The standard InChI is InChI=1S/C15H21F3N2S.ClH/c1-20(13-3-2-9-19-10-8-13)11-12-4-6-14(7-5-12)21-15(16,17)18;/h4-7,13,19H,2-3,8-11H2,1H3;1H. The molecular formula is C15H22ClF3N2S. The molecule has 0 spiro atoms. The van der Waals surface area contributed by atoms with E-state index in [0.29, 0.717) is 6.04 Å². The molecule has 0 bridgehead atoms. The van der Waals surface area contributed by atoms with Crippen molar-refractivity contribution in [3.8, 4) is 0 Å². The first-order valence-corrected chi connectivity index (χ1v) is 8.01. The Hall–Kier alpha value is -0.430. The van der Waals surface area contributed by atoms with Gasteiger partial charge in [-0.25, -0.2) is 0 Å². The van der Waals surface area contributed by atoms with Gasteiger partial charge in [-0.05, 0) is 68.9 Å². The second-order valence-electron chi connectivity index (χ2n) is 5.44. The van der Waals surface area contributed by atoms with Gasteiger partial charge in [0, 0.05) is 17.5 Å². The lowest BCUT2D eigenvalue weighted by Crippen LogP contribution is -2.31. The van der Waals surface area contributed by atoms with Gasteiger partial charge in [-0.3, -0.25) is 4.90 Å². The molecule has 1 aliphatic heterocycles. The summed E-state index contributed by atoms with van der Waals surface area (Å²) in [7, 11) is 2.09. The highest BCUT2D eigenvalue weighted by molar-refractivity contribution is 8.00. The zero-order valence-electron chi connectivity index (χ0n) is 12.5. The maximum Gasteiger partial charge on any atom is 0.446 e. The van der Waals surface area contributed by atoms with Crippen LogP contribution in [-0.2, 0) is 6.54 Å². The van der Waals surface area contributed by atoms with Crippen LogP contribution in [0.3, 0.4) is 0 Å². The van der Waals surface area contributed by atoms with E-state index in [1.165, 1.54) is 12.8 Å². The smallest absolute Gasteiger partial charge is 0.317 e. The van der Waals surface area contributed by atoms with E-state index in [-0.39, 0.29) is 29.1 Å². The Balaban J connectivity index is 0.00000242. The van der Waals surface area contributed by atoms with Crippen molar-refractivity contribution in [1.82, 2.24) is 10.2 Å². The quantitative estimate of drug-likeness (QED) is 0.812. The number of alkyl halides is 3. The average molecular weight is 355 g/mol. The molecular weight excluding hydrogens is 333 g/mol. The molecule has 1 unspecified atom stereocenters. The molecule has 0 radical (unpaired) electrons. The normalized spacial score (nSPS) is 19.6. The summed E-state index contributed by atoms with van der Waals surface area (Å²) in [5.74, 6) is 0. The van der Waals surface area contributed by atoms with E-state index in [2.05, 4.69) is 17.3 Å². The monoisotopic (exact) mass is 354 g/mol. The Morgan fingerprint density at radius 3 is 2.50 bits per heavy atom. The minimum atomic E-state index is -4.22. The Labute approximate surface area is 140 Å². The highest BCUT2D eigenvalue weighted by Gasteiger charge is 2.29. The van der Waals surface area contributed by atoms with Gasteiger partial charge in [-0.2, -0.15) is 13.2 Å². The first kappa shape index (κ1) is 19.6. The van der Waals surface area contributed by atoms with Crippen LogP contribution in [0.5, 0.6) is 0 Å². The highest BCUT2D eigenvalue weighted by atomic mass is 35.5. The zero-order chi connectivity index (χ0) is 15.3. The summed E-state index contributed by atoms with van der Waals surface area (Å²) in [4.78, 5) is 2.55. The fraction of sp³-hybridized carbons (Fsp3) is 0.600. The summed E-state index contributed by atoms with van der Waals surface area (Å²) in [6.07, 6.45) is 3.47. The van der Waals surface area contributed by atoms with Crippen molar-refractivity contribution in [3.05, 3.63) is 29.8 Å². The summed E-state index contributed by atoms with van der Waals surface area (Å²) in [6, 6.07) is 7.23. The molecule has 1 fully saturated rings. The molecule has 126 valence electrons. The number of benzene rings is 1. The Morgan fingerprint density at radius 2 is 1.86 bits per heavy atom. The van der Waals surface area contributed by atoms with E-state index >= 15 is 0 Å². The molecule has 0 aliphatic carbocycles. The predicted octanol–water partition coefficient (Wildman–Crippen LogP) is 4.29. The van der Waals surface area contributed by atoms with E-state index in [1.807, 2.05) is 0 Å². The number of hydrogen-bond donors (Lipinski definition) is 1. The van der Waals surface area contributed by atoms with Gasteiger partial charge in [0.05, 0.1) is 0 Å².